The fourth-order valence-corrected chi connectivity index (χ4v) is 3.48. The molecule has 4 heterocycles. The van der Waals surface area contributed by atoms with Gasteiger partial charge in [0, 0.05) is 37.3 Å². The molecule has 5 rings (SSSR count). The molecule has 0 aliphatic heterocycles. The van der Waals surface area contributed by atoms with Gasteiger partial charge in [-0.05, 0) is 29.8 Å². The summed E-state index contributed by atoms with van der Waals surface area (Å²) in [5, 5.41) is 11.5. The second-order valence-corrected chi connectivity index (χ2v) is 7.07. The Balaban J connectivity index is 1.56. The summed E-state index contributed by atoms with van der Waals surface area (Å²) < 4.78 is 3.70. The first kappa shape index (κ1) is 17.2. The Morgan fingerprint density at radius 1 is 1.24 bits per heavy atom. The number of benzene rings is 1. The minimum atomic E-state index is -0.127. The number of hydrogen-bond donors (Lipinski definition) is 2. The predicted octanol–water partition coefficient (Wildman–Crippen LogP) is 3.32. The number of fused-ring (bicyclic) bond motifs is 2. The number of anilines is 1. The van der Waals surface area contributed by atoms with E-state index < -0.39 is 0 Å². The molecule has 4 aromatic heterocycles. The van der Waals surface area contributed by atoms with Crippen molar-refractivity contribution in [3.63, 3.8) is 0 Å². The summed E-state index contributed by atoms with van der Waals surface area (Å²) in [6.45, 7) is 2.14. The van der Waals surface area contributed by atoms with E-state index in [0.29, 0.717) is 12.2 Å². The summed E-state index contributed by atoms with van der Waals surface area (Å²) in [6.07, 6.45) is 5.46. The quantitative estimate of drug-likeness (QED) is 0.496. The molecule has 0 spiro atoms. The van der Waals surface area contributed by atoms with Crippen molar-refractivity contribution in [2.24, 2.45) is 7.05 Å². The summed E-state index contributed by atoms with van der Waals surface area (Å²) in [5.41, 5.74) is 6.08. The zero-order valence-electron chi connectivity index (χ0n) is 16.0. The molecule has 0 aliphatic rings. The molecule has 8 nitrogen and oxygen atoms in total. The number of amides is 1. The van der Waals surface area contributed by atoms with E-state index in [1.165, 1.54) is 6.92 Å². The smallest absolute Gasteiger partial charge is 0.221 e. The molecule has 2 N–H and O–H groups in total. The topological polar surface area (TPSA) is 93.4 Å². The summed E-state index contributed by atoms with van der Waals surface area (Å²) in [4.78, 5) is 20.8. The van der Waals surface area contributed by atoms with Crippen molar-refractivity contribution >= 4 is 33.7 Å². The lowest BCUT2D eigenvalue weighted by molar-refractivity contribution is -0.114. The van der Waals surface area contributed by atoms with Gasteiger partial charge >= 0.3 is 0 Å². The van der Waals surface area contributed by atoms with Crippen molar-refractivity contribution in [3.8, 4) is 11.3 Å². The number of aromatic amines is 1. The number of carbonyl (C=O) groups is 1. The number of nitrogens with zero attached hydrogens (tertiary/aromatic N) is 5. The summed E-state index contributed by atoms with van der Waals surface area (Å²) in [6, 6.07) is 12.1. The molecule has 0 saturated carbocycles. The SMILES string of the molecule is CC(=O)Nc1cc(-c2cnn(C)c2)nc2c1[nH]n2Cc1ccc2ncccc2c1. The van der Waals surface area contributed by atoms with Gasteiger partial charge in [0.2, 0.25) is 5.91 Å². The van der Waals surface area contributed by atoms with Crippen LogP contribution in [0.1, 0.15) is 12.5 Å². The molecule has 0 fully saturated rings. The highest BCUT2D eigenvalue weighted by atomic mass is 16.1. The zero-order valence-corrected chi connectivity index (χ0v) is 16.0. The predicted molar refractivity (Wildman–Crippen MR) is 111 cm³/mol. The maximum Gasteiger partial charge on any atom is 0.221 e. The first-order valence-corrected chi connectivity index (χ1v) is 9.26. The number of aryl methyl sites for hydroxylation is 1. The molecule has 0 radical (unpaired) electrons. The average molecular weight is 385 g/mol. The molecular weight excluding hydrogens is 366 g/mol. The average Bonchev–Trinajstić information content (AvgIpc) is 3.13. The normalized spacial score (nSPS) is 11.4. The number of pyridine rings is 2. The molecule has 1 aromatic carbocycles. The molecule has 0 unspecified atom stereocenters. The van der Waals surface area contributed by atoms with Gasteiger partial charge in [0.05, 0.1) is 29.6 Å². The largest absolute Gasteiger partial charge is 0.324 e. The van der Waals surface area contributed by atoms with Crippen LogP contribution in [0, 0.1) is 0 Å². The molecule has 144 valence electrons. The second-order valence-electron chi connectivity index (χ2n) is 7.07. The van der Waals surface area contributed by atoms with Gasteiger partial charge in [-0.2, -0.15) is 5.10 Å². The van der Waals surface area contributed by atoms with Crippen LogP contribution in [0.3, 0.4) is 0 Å². The van der Waals surface area contributed by atoms with Gasteiger partial charge < -0.3 is 5.32 Å². The standard InChI is InChI=1S/C21H19N7O/c1-13(29)24-19-9-18(16-10-23-27(2)12-16)25-21-20(19)26-28(21)11-14-5-6-17-15(8-14)4-3-7-22-17/h3-10,12,26H,11H2,1-2H3,(H,24,25,29). The second kappa shape index (κ2) is 6.59. The Labute approximate surface area is 166 Å². The maximum absolute atomic E-state index is 11.7. The van der Waals surface area contributed by atoms with Crippen LogP contribution in [0.4, 0.5) is 5.69 Å². The van der Waals surface area contributed by atoms with Gasteiger partial charge in [-0.15, -0.1) is 0 Å². The van der Waals surface area contributed by atoms with Crippen molar-refractivity contribution < 1.29 is 4.79 Å². The molecular formula is C21H19N7O. The third kappa shape index (κ3) is 3.14. The lowest BCUT2D eigenvalue weighted by Gasteiger charge is -2.19. The Bertz CT molecular complexity index is 1360. The monoisotopic (exact) mass is 385 g/mol. The highest BCUT2D eigenvalue weighted by Gasteiger charge is 2.17. The van der Waals surface area contributed by atoms with Gasteiger partial charge in [0.1, 0.15) is 5.52 Å². The van der Waals surface area contributed by atoms with Crippen molar-refractivity contribution in [1.29, 1.82) is 0 Å². The summed E-state index contributed by atoms with van der Waals surface area (Å²) in [7, 11) is 1.86. The van der Waals surface area contributed by atoms with Crippen LogP contribution in [-0.4, -0.2) is 35.4 Å². The Kier molecular flexibility index (Phi) is 3.90. The number of aromatic nitrogens is 6. The van der Waals surface area contributed by atoms with E-state index in [1.807, 2.05) is 36.1 Å². The van der Waals surface area contributed by atoms with Gasteiger partial charge in [-0.25, -0.2) is 4.98 Å². The number of hydrogen-bond acceptors (Lipinski definition) is 4. The van der Waals surface area contributed by atoms with E-state index in [2.05, 4.69) is 38.7 Å². The zero-order chi connectivity index (χ0) is 20.0. The Morgan fingerprint density at radius 3 is 2.93 bits per heavy atom. The van der Waals surface area contributed by atoms with Crippen molar-refractivity contribution in [2.45, 2.75) is 13.5 Å². The minimum absolute atomic E-state index is 0.127. The minimum Gasteiger partial charge on any atom is -0.324 e. The van der Waals surface area contributed by atoms with Crippen LogP contribution >= 0.6 is 0 Å². The maximum atomic E-state index is 11.7. The van der Waals surface area contributed by atoms with Crippen LogP contribution in [0.25, 0.3) is 33.3 Å². The van der Waals surface area contributed by atoms with Crippen LogP contribution in [0.2, 0.25) is 0 Å². The van der Waals surface area contributed by atoms with E-state index in [0.717, 1.165) is 38.9 Å². The fourth-order valence-electron chi connectivity index (χ4n) is 3.48. The third-order valence-corrected chi connectivity index (χ3v) is 4.82. The summed E-state index contributed by atoms with van der Waals surface area (Å²) >= 11 is 0. The molecule has 0 saturated heterocycles. The van der Waals surface area contributed by atoms with Crippen LogP contribution in [-0.2, 0) is 18.4 Å². The lowest BCUT2D eigenvalue weighted by atomic mass is 10.1. The van der Waals surface area contributed by atoms with Crippen molar-refractivity contribution in [3.05, 3.63) is 60.6 Å². The molecule has 0 aliphatic carbocycles. The Hall–Kier alpha value is -3.94. The van der Waals surface area contributed by atoms with Gasteiger partial charge in [0.15, 0.2) is 5.65 Å². The van der Waals surface area contributed by atoms with E-state index in [1.54, 1.807) is 17.1 Å². The number of nitrogens with one attached hydrogen (secondary N) is 2. The van der Waals surface area contributed by atoms with Crippen molar-refractivity contribution in [1.82, 2.24) is 29.5 Å². The molecule has 0 atom stereocenters. The summed E-state index contributed by atoms with van der Waals surface area (Å²) in [5.74, 6) is -0.127. The van der Waals surface area contributed by atoms with Crippen LogP contribution < -0.4 is 5.32 Å². The molecule has 29 heavy (non-hydrogen) atoms. The first-order valence-electron chi connectivity index (χ1n) is 9.26. The molecule has 0 bridgehead atoms. The van der Waals surface area contributed by atoms with E-state index in [4.69, 9.17) is 4.98 Å². The molecule has 8 heteroatoms. The molecule has 1 amide bonds. The lowest BCUT2D eigenvalue weighted by Crippen LogP contribution is -2.17. The highest BCUT2D eigenvalue weighted by molar-refractivity contribution is 5.99. The number of carbonyl (C=O) groups excluding carboxylic acids is 1. The number of H-pyrrole nitrogens is 1. The number of rotatable bonds is 4. The van der Waals surface area contributed by atoms with E-state index in [9.17, 15) is 4.79 Å². The Morgan fingerprint density at radius 2 is 2.14 bits per heavy atom. The van der Waals surface area contributed by atoms with Gasteiger partial charge in [-0.3, -0.25) is 24.2 Å². The van der Waals surface area contributed by atoms with Gasteiger partial charge in [0.25, 0.3) is 0 Å². The third-order valence-electron chi connectivity index (χ3n) is 4.82. The van der Waals surface area contributed by atoms with Crippen LogP contribution in [0.5, 0.6) is 0 Å². The molecule has 5 aromatic rings. The van der Waals surface area contributed by atoms with Crippen LogP contribution in [0.15, 0.2) is 55.0 Å². The van der Waals surface area contributed by atoms with Crippen molar-refractivity contribution in [2.75, 3.05) is 5.32 Å². The van der Waals surface area contributed by atoms with E-state index in [-0.39, 0.29) is 5.91 Å². The highest BCUT2D eigenvalue weighted by Crippen LogP contribution is 2.29. The van der Waals surface area contributed by atoms with E-state index >= 15 is 0 Å². The first-order chi connectivity index (χ1) is 14.1. The van der Waals surface area contributed by atoms with Gasteiger partial charge in [-0.1, -0.05) is 12.1 Å². The fraction of sp³-hybridized carbons (Fsp3) is 0.143.